The SMILES string of the molecule is CC1(C)c2ccccc2-c2c1c1c(c3ccccc23)c2ccccc2n1-c1ccc2c(c1)oc1ccccc12. The van der Waals surface area contributed by atoms with Crippen LogP contribution in [0, 0.1) is 0 Å². The highest BCUT2D eigenvalue weighted by molar-refractivity contribution is 6.27. The number of furan rings is 1. The van der Waals surface area contributed by atoms with E-state index in [4.69, 9.17) is 4.42 Å². The van der Waals surface area contributed by atoms with Gasteiger partial charge < -0.3 is 8.98 Å². The van der Waals surface area contributed by atoms with E-state index in [1.54, 1.807) is 0 Å². The molecule has 1 aliphatic rings. The lowest BCUT2D eigenvalue weighted by Gasteiger charge is -2.24. The molecule has 0 bridgehead atoms. The maximum absolute atomic E-state index is 6.36. The molecular weight excluding hydrogens is 474 g/mol. The van der Waals surface area contributed by atoms with Crippen molar-refractivity contribution in [2.75, 3.05) is 0 Å². The first-order chi connectivity index (χ1) is 19.1. The lowest BCUT2D eigenvalue weighted by Crippen LogP contribution is -2.16. The van der Waals surface area contributed by atoms with Gasteiger partial charge in [0.05, 0.1) is 11.0 Å². The van der Waals surface area contributed by atoms with Gasteiger partial charge in [0.15, 0.2) is 0 Å². The van der Waals surface area contributed by atoms with E-state index in [-0.39, 0.29) is 5.41 Å². The van der Waals surface area contributed by atoms with Gasteiger partial charge in [-0.1, -0.05) is 98.8 Å². The first kappa shape index (κ1) is 21.2. The van der Waals surface area contributed by atoms with Gasteiger partial charge in [-0.15, -0.1) is 0 Å². The Hall–Kier alpha value is -4.82. The highest BCUT2D eigenvalue weighted by Gasteiger charge is 2.40. The molecule has 6 aromatic carbocycles. The highest BCUT2D eigenvalue weighted by Crippen LogP contribution is 2.56. The van der Waals surface area contributed by atoms with E-state index in [1.165, 1.54) is 54.8 Å². The zero-order chi connectivity index (χ0) is 25.9. The second-order valence-corrected chi connectivity index (χ2v) is 11.3. The Balaban J connectivity index is 1.52. The summed E-state index contributed by atoms with van der Waals surface area (Å²) in [5.41, 5.74) is 10.8. The molecular formula is C37H25NO. The van der Waals surface area contributed by atoms with Crippen LogP contribution in [0.2, 0.25) is 0 Å². The highest BCUT2D eigenvalue weighted by atomic mass is 16.3. The van der Waals surface area contributed by atoms with Crippen molar-refractivity contribution >= 4 is 54.5 Å². The second-order valence-electron chi connectivity index (χ2n) is 11.3. The van der Waals surface area contributed by atoms with Crippen molar-refractivity contribution in [1.82, 2.24) is 4.57 Å². The summed E-state index contributed by atoms with van der Waals surface area (Å²) in [4.78, 5) is 0. The number of para-hydroxylation sites is 2. The molecule has 2 aromatic heterocycles. The Kier molecular flexibility index (Phi) is 3.89. The molecule has 0 atom stereocenters. The fraction of sp³-hybridized carbons (Fsp3) is 0.0811. The van der Waals surface area contributed by atoms with E-state index in [9.17, 15) is 0 Å². The van der Waals surface area contributed by atoms with Gasteiger partial charge in [-0.25, -0.2) is 0 Å². The van der Waals surface area contributed by atoms with Crippen LogP contribution in [-0.4, -0.2) is 4.57 Å². The summed E-state index contributed by atoms with van der Waals surface area (Å²) in [6.45, 7) is 4.77. The van der Waals surface area contributed by atoms with Gasteiger partial charge in [-0.2, -0.15) is 0 Å². The summed E-state index contributed by atoms with van der Waals surface area (Å²) in [6, 6.07) is 41.8. The van der Waals surface area contributed by atoms with E-state index >= 15 is 0 Å². The fourth-order valence-corrected chi connectivity index (χ4v) is 7.31. The monoisotopic (exact) mass is 499 g/mol. The van der Waals surface area contributed by atoms with Crippen LogP contribution in [0.15, 0.2) is 120 Å². The summed E-state index contributed by atoms with van der Waals surface area (Å²) in [7, 11) is 0. The Bertz CT molecular complexity index is 2310. The summed E-state index contributed by atoms with van der Waals surface area (Å²) in [5.74, 6) is 0. The van der Waals surface area contributed by atoms with Crippen molar-refractivity contribution in [3.05, 3.63) is 126 Å². The minimum absolute atomic E-state index is 0.149. The molecule has 0 spiro atoms. The minimum Gasteiger partial charge on any atom is -0.456 e. The van der Waals surface area contributed by atoms with Crippen LogP contribution in [0.25, 0.3) is 71.3 Å². The predicted octanol–water partition coefficient (Wildman–Crippen LogP) is 10.1. The van der Waals surface area contributed by atoms with Gasteiger partial charge in [0.2, 0.25) is 0 Å². The number of rotatable bonds is 1. The van der Waals surface area contributed by atoms with Gasteiger partial charge in [0.25, 0.3) is 0 Å². The average Bonchev–Trinajstić information content (AvgIpc) is 3.59. The summed E-state index contributed by atoms with van der Waals surface area (Å²) in [5, 5.41) is 7.55. The zero-order valence-electron chi connectivity index (χ0n) is 21.8. The Morgan fingerprint density at radius 2 is 1.26 bits per heavy atom. The van der Waals surface area contributed by atoms with E-state index in [1.807, 2.05) is 12.1 Å². The molecule has 0 saturated heterocycles. The molecule has 8 aromatic rings. The average molecular weight is 500 g/mol. The largest absolute Gasteiger partial charge is 0.456 e. The quantitative estimate of drug-likeness (QED) is 0.220. The van der Waals surface area contributed by atoms with Crippen LogP contribution in [0.4, 0.5) is 0 Å². The van der Waals surface area contributed by atoms with E-state index in [0.717, 1.165) is 27.6 Å². The first-order valence-corrected chi connectivity index (χ1v) is 13.6. The zero-order valence-corrected chi connectivity index (χ0v) is 21.8. The molecule has 9 rings (SSSR count). The van der Waals surface area contributed by atoms with Crippen LogP contribution in [0.1, 0.15) is 25.0 Å². The lowest BCUT2D eigenvalue weighted by atomic mass is 9.80. The van der Waals surface area contributed by atoms with Crippen LogP contribution < -0.4 is 0 Å². The van der Waals surface area contributed by atoms with Crippen molar-refractivity contribution < 1.29 is 4.42 Å². The molecule has 0 unspecified atom stereocenters. The van der Waals surface area contributed by atoms with Crippen molar-refractivity contribution in [1.29, 1.82) is 0 Å². The smallest absolute Gasteiger partial charge is 0.137 e. The lowest BCUT2D eigenvalue weighted by molar-refractivity contribution is 0.664. The molecule has 0 amide bonds. The van der Waals surface area contributed by atoms with Gasteiger partial charge >= 0.3 is 0 Å². The fourth-order valence-electron chi connectivity index (χ4n) is 7.31. The summed E-state index contributed by atoms with van der Waals surface area (Å²) in [6.07, 6.45) is 0. The predicted molar refractivity (Wildman–Crippen MR) is 163 cm³/mol. The molecule has 0 radical (unpaired) electrons. The van der Waals surface area contributed by atoms with Gasteiger partial charge in [-0.3, -0.25) is 0 Å². The maximum atomic E-state index is 6.36. The third kappa shape index (κ3) is 2.56. The summed E-state index contributed by atoms with van der Waals surface area (Å²) < 4.78 is 8.84. The third-order valence-corrected chi connectivity index (χ3v) is 8.94. The van der Waals surface area contributed by atoms with Crippen LogP contribution >= 0.6 is 0 Å². The van der Waals surface area contributed by atoms with E-state index in [2.05, 4.69) is 122 Å². The minimum atomic E-state index is -0.149. The van der Waals surface area contributed by atoms with Crippen LogP contribution in [0.5, 0.6) is 0 Å². The summed E-state index contributed by atoms with van der Waals surface area (Å²) >= 11 is 0. The molecule has 184 valence electrons. The Labute approximate surface area is 225 Å². The number of aromatic nitrogens is 1. The number of fused-ring (bicyclic) bond motifs is 13. The van der Waals surface area contributed by atoms with Crippen molar-refractivity contribution in [2.24, 2.45) is 0 Å². The maximum Gasteiger partial charge on any atom is 0.137 e. The Morgan fingerprint density at radius 3 is 2.13 bits per heavy atom. The third-order valence-electron chi connectivity index (χ3n) is 8.94. The van der Waals surface area contributed by atoms with Crippen LogP contribution in [0.3, 0.4) is 0 Å². The van der Waals surface area contributed by atoms with Gasteiger partial charge in [0.1, 0.15) is 11.2 Å². The van der Waals surface area contributed by atoms with E-state index < -0.39 is 0 Å². The second kappa shape index (κ2) is 7.18. The first-order valence-electron chi connectivity index (χ1n) is 13.6. The van der Waals surface area contributed by atoms with Gasteiger partial charge in [0, 0.05) is 38.7 Å². The molecule has 0 fully saturated rings. The van der Waals surface area contributed by atoms with Crippen molar-refractivity contribution in [3.8, 4) is 16.8 Å². The molecule has 1 aliphatic carbocycles. The van der Waals surface area contributed by atoms with Gasteiger partial charge in [-0.05, 0) is 57.3 Å². The number of hydrogen-bond acceptors (Lipinski definition) is 1. The number of nitrogens with zero attached hydrogens (tertiary/aromatic N) is 1. The van der Waals surface area contributed by atoms with Crippen LogP contribution in [-0.2, 0) is 5.41 Å². The molecule has 0 N–H and O–H groups in total. The molecule has 0 aliphatic heterocycles. The van der Waals surface area contributed by atoms with Crippen molar-refractivity contribution in [2.45, 2.75) is 19.3 Å². The molecule has 39 heavy (non-hydrogen) atoms. The number of benzene rings is 6. The van der Waals surface area contributed by atoms with E-state index in [0.29, 0.717) is 0 Å². The molecule has 2 heteroatoms. The number of hydrogen-bond donors (Lipinski definition) is 0. The topological polar surface area (TPSA) is 18.1 Å². The molecule has 2 heterocycles. The molecule has 2 nitrogen and oxygen atoms in total. The standard InChI is InChI=1S/C37H25NO/c1-37(2)29-16-8-5-14-27(29)33-25-12-3-4-13-26(25)34-28-15-6-9-17-30(28)38(36(34)35(33)37)22-19-20-24-23-11-7-10-18-31(23)39-32(24)21-22/h3-21H,1-2H3. The molecule has 0 saturated carbocycles. The Morgan fingerprint density at radius 1 is 0.590 bits per heavy atom. The normalized spacial score (nSPS) is 14.1. The van der Waals surface area contributed by atoms with Crippen molar-refractivity contribution in [3.63, 3.8) is 0 Å².